The molecule has 0 radical (unpaired) electrons. The van der Waals surface area contributed by atoms with E-state index in [-0.39, 0.29) is 0 Å². The topological polar surface area (TPSA) is 41.6 Å². The number of fused-ring (bicyclic) bond motifs is 1. The molecule has 1 aromatic carbocycles. The molecule has 78 valence electrons. The van der Waals surface area contributed by atoms with Crippen LogP contribution >= 0.6 is 0 Å². The fraction of sp³-hybridized carbons (Fsp3) is 0.0769. The van der Waals surface area contributed by atoms with Gasteiger partial charge in [0.1, 0.15) is 0 Å². The van der Waals surface area contributed by atoms with E-state index >= 15 is 0 Å². The van der Waals surface area contributed by atoms with Crippen molar-refractivity contribution in [1.82, 2.24) is 15.0 Å². The van der Waals surface area contributed by atoms with Gasteiger partial charge in [-0.15, -0.1) is 0 Å². The van der Waals surface area contributed by atoms with Crippen LogP contribution in [0.2, 0.25) is 0 Å². The van der Waals surface area contributed by atoms with Crippen molar-refractivity contribution in [2.45, 2.75) is 6.92 Å². The van der Waals surface area contributed by atoms with Gasteiger partial charge in [-0.05, 0) is 36.2 Å². The second-order valence-corrected chi connectivity index (χ2v) is 3.83. The summed E-state index contributed by atoms with van der Waals surface area (Å²) in [5, 5.41) is 0. The lowest BCUT2D eigenvalue weighted by Crippen LogP contribution is -1.84. The van der Waals surface area contributed by atoms with Crippen LogP contribution in [0.25, 0.3) is 22.2 Å². The van der Waals surface area contributed by atoms with Crippen molar-refractivity contribution < 1.29 is 0 Å². The number of nitrogens with one attached hydrogen (secondary N) is 1. The lowest BCUT2D eigenvalue weighted by molar-refractivity contribution is 1.29. The highest BCUT2D eigenvalue weighted by molar-refractivity contribution is 5.82. The average Bonchev–Trinajstić information content (AvgIpc) is 2.76. The van der Waals surface area contributed by atoms with Gasteiger partial charge in [-0.25, -0.2) is 4.98 Å². The van der Waals surface area contributed by atoms with Crippen molar-refractivity contribution in [2.24, 2.45) is 0 Å². The number of H-pyrrole nitrogens is 1. The first-order chi connectivity index (χ1) is 7.84. The highest BCUT2D eigenvalue weighted by atomic mass is 14.9. The monoisotopic (exact) mass is 209 g/mol. The summed E-state index contributed by atoms with van der Waals surface area (Å²) in [6.07, 6.45) is 5.42. The Morgan fingerprint density at radius 1 is 1.19 bits per heavy atom. The summed E-state index contributed by atoms with van der Waals surface area (Å²) in [5.41, 5.74) is 5.59. The van der Waals surface area contributed by atoms with Crippen molar-refractivity contribution in [3.8, 4) is 11.1 Å². The van der Waals surface area contributed by atoms with Gasteiger partial charge >= 0.3 is 0 Å². The van der Waals surface area contributed by atoms with Crippen molar-refractivity contribution in [2.75, 3.05) is 0 Å². The van der Waals surface area contributed by atoms with Crippen molar-refractivity contribution in [3.05, 3.63) is 48.5 Å². The molecule has 3 rings (SSSR count). The molecule has 16 heavy (non-hydrogen) atoms. The Hall–Kier alpha value is -2.16. The summed E-state index contributed by atoms with van der Waals surface area (Å²) in [5.74, 6) is 0. The minimum absolute atomic E-state index is 0.987. The molecule has 0 amide bonds. The minimum Gasteiger partial charge on any atom is -0.345 e. The normalized spacial score (nSPS) is 10.8. The molecule has 3 aromatic rings. The Morgan fingerprint density at radius 2 is 2.12 bits per heavy atom. The van der Waals surface area contributed by atoms with Crippen LogP contribution in [-0.4, -0.2) is 15.0 Å². The number of benzene rings is 1. The first-order valence-corrected chi connectivity index (χ1v) is 5.19. The second-order valence-electron chi connectivity index (χ2n) is 3.83. The van der Waals surface area contributed by atoms with Crippen LogP contribution in [0.5, 0.6) is 0 Å². The molecular formula is C13H11N3. The largest absolute Gasteiger partial charge is 0.345 e. The summed E-state index contributed by atoms with van der Waals surface area (Å²) >= 11 is 0. The van der Waals surface area contributed by atoms with E-state index in [1.807, 2.05) is 24.5 Å². The van der Waals surface area contributed by atoms with Gasteiger partial charge < -0.3 is 4.98 Å². The Labute approximate surface area is 93.2 Å². The molecule has 0 fully saturated rings. The third-order valence-corrected chi connectivity index (χ3v) is 2.77. The third kappa shape index (κ3) is 1.37. The van der Waals surface area contributed by atoms with E-state index in [2.05, 4.69) is 34.0 Å². The van der Waals surface area contributed by atoms with E-state index in [9.17, 15) is 0 Å². The maximum absolute atomic E-state index is 4.26. The number of pyridine rings is 1. The number of rotatable bonds is 1. The molecule has 0 spiro atoms. The number of hydrogen-bond donors (Lipinski definition) is 1. The van der Waals surface area contributed by atoms with Gasteiger partial charge in [0.2, 0.25) is 0 Å². The summed E-state index contributed by atoms with van der Waals surface area (Å²) < 4.78 is 0. The maximum Gasteiger partial charge on any atom is 0.0931 e. The molecule has 0 aliphatic heterocycles. The van der Waals surface area contributed by atoms with E-state index in [4.69, 9.17) is 0 Å². The first kappa shape index (κ1) is 9.09. The summed E-state index contributed by atoms with van der Waals surface area (Å²) in [6, 6.07) is 8.23. The molecule has 0 aliphatic rings. The molecule has 2 aromatic heterocycles. The van der Waals surface area contributed by atoms with Gasteiger partial charge in [0.15, 0.2) is 0 Å². The van der Waals surface area contributed by atoms with Gasteiger partial charge in [-0.1, -0.05) is 6.07 Å². The van der Waals surface area contributed by atoms with Crippen molar-refractivity contribution in [1.29, 1.82) is 0 Å². The molecule has 0 aliphatic carbocycles. The fourth-order valence-corrected chi connectivity index (χ4v) is 1.87. The van der Waals surface area contributed by atoms with Crippen molar-refractivity contribution in [3.63, 3.8) is 0 Å². The van der Waals surface area contributed by atoms with Gasteiger partial charge in [0.05, 0.1) is 17.4 Å². The number of imidazole rings is 1. The predicted octanol–water partition coefficient (Wildman–Crippen LogP) is 2.93. The molecule has 0 bridgehead atoms. The quantitative estimate of drug-likeness (QED) is 0.669. The van der Waals surface area contributed by atoms with Gasteiger partial charge in [0.25, 0.3) is 0 Å². The standard InChI is InChI=1S/C13H11N3/c1-9-4-5-14-7-11(9)10-2-3-12-13(6-10)16-8-15-12/h2-8H,1H3,(H,15,16). The molecule has 1 N–H and O–H groups in total. The fourth-order valence-electron chi connectivity index (χ4n) is 1.87. The molecule has 3 nitrogen and oxygen atoms in total. The predicted molar refractivity (Wildman–Crippen MR) is 64.1 cm³/mol. The molecule has 2 heterocycles. The van der Waals surface area contributed by atoms with Crippen LogP contribution in [0.15, 0.2) is 43.0 Å². The summed E-state index contributed by atoms with van der Waals surface area (Å²) in [4.78, 5) is 11.5. The maximum atomic E-state index is 4.26. The van der Waals surface area contributed by atoms with Crippen LogP contribution in [-0.2, 0) is 0 Å². The lowest BCUT2D eigenvalue weighted by Gasteiger charge is -2.04. The van der Waals surface area contributed by atoms with E-state index in [0.29, 0.717) is 0 Å². The van der Waals surface area contributed by atoms with E-state index in [1.54, 1.807) is 6.33 Å². The van der Waals surface area contributed by atoms with Gasteiger partial charge in [-0.3, -0.25) is 4.98 Å². The van der Waals surface area contributed by atoms with E-state index in [1.165, 1.54) is 5.56 Å². The Balaban J connectivity index is 2.22. The molecular weight excluding hydrogens is 198 g/mol. The van der Waals surface area contributed by atoms with Crippen LogP contribution in [0.4, 0.5) is 0 Å². The van der Waals surface area contributed by atoms with Gasteiger partial charge in [0, 0.05) is 18.0 Å². The zero-order valence-electron chi connectivity index (χ0n) is 8.94. The zero-order chi connectivity index (χ0) is 11.0. The number of aromatic nitrogens is 3. The average molecular weight is 209 g/mol. The highest BCUT2D eigenvalue weighted by Gasteiger charge is 2.03. The van der Waals surface area contributed by atoms with E-state index < -0.39 is 0 Å². The summed E-state index contributed by atoms with van der Waals surface area (Å²) in [7, 11) is 0. The zero-order valence-corrected chi connectivity index (χ0v) is 8.94. The first-order valence-electron chi connectivity index (χ1n) is 5.19. The van der Waals surface area contributed by atoms with Crippen LogP contribution in [0.3, 0.4) is 0 Å². The molecule has 0 unspecified atom stereocenters. The third-order valence-electron chi connectivity index (χ3n) is 2.77. The number of nitrogens with zero attached hydrogens (tertiary/aromatic N) is 2. The number of aromatic amines is 1. The van der Waals surface area contributed by atoms with Crippen molar-refractivity contribution >= 4 is 11.0 Å². The smallest absolute Gasteiger partial charge is 0.0931 e. The highest BCUT2D eigenvalue weighted by Crippen LogP contribution is 2.24. The van der Waals surface area contributed by atoms with Crippen LogP contribution in [0, 0.1) is 6.92 Å². The molecule has 0 saturated carbocycles. The van der Waals surface area contributed by atoms with Crippen LogP contribution < -0.4 is 0 Å². The molecule has 0 atom stereocenters. The van der Waals surface area contributed by atoms with E-state index in [0.717, 1.165) is 22.2 Å². The Bertz CT molecular complexity index is 640. The summed E-state index contributed by atoms with van der Waals surface area (Å²) in [6.45, 7) is 2.09. The number of hydrogen-bond acceptors (Lipinski definition) is 2. The van der Waals surface area contributed by atoms with Gasteiger partial charge in [-0.2, -0.15) is 0 Å². The Kier molecular flexibility index (Phi) is 1.96. The molecule has 3 heteroatoms. The van der Waals surface area contributed by atoms with Crippen LogP contribution in [0.1, 0.15) is 5.56 Å². The number of aryl methyl sites for hydroxylation is 1. The Morgan fingerprint density at radius 3 is 3.00 bits per heavy atom. The molecule has 0 saturated heterocycles. The minimum atomic E-state index is 0.987. The lowest BCUT2D eigenvalue weighted by atomic mass is 10.0. The second kappa shape index (κ2) is 3.45. The SMILES string of the molecule is Cc1ccncc1-c1ccc2[nH]cnc2c1.